The summed E-state index contributed by atoms with van der Waals surface area (Å²) in [5.41, 5.74) is 0.833. The van der Waals surface area contributed by atoms with Crippen LogP contribution in [0.25, 0.3) is 0 Å². The first kappa shape index (κ1) is 15.9. The monoisotopic (exact) mass is 262 g/mol. The topological polar surface area (TPSA) is 37.3 Å². The van der Waals surface area contributed by atoms with Crippen LogP contribution in [0.1, 0.15) is 68.6 Å². The molecule has 1 N–H and O–H groups in total. The van der Waals surface area contributed by atoms with E-state index in [0.717, 1.165) is 31.2 Å². The van der Waals surface area contributed by atoms with Crippen molar-refractivity contribution < 1.29 is 9.90 Å². The highest BCUT2D eigenvalue weighted by Gasteiger charge is 2.04. The van der Waals surface area contributed by atoms with Crippen molar-refractivity contribution in [2.45, 2.75) is 64.4 Å². The summed E-state index contributed by atoms with van der Waals surface area (Å²) in [4.78, 5) is 11.8. The lowest BCUT2D eigenvalue weighted by atomic mass is 10.0. The van der Waals surface area contributed by atoms with Gasteiger partial charge in [0.15, 0.2) is 5.78 Å². The molecule has 0 aliphatic rings. The molecule has 0 radical (unpaired) electrons. The maximum Gasteiger partial charge on any atom is 0.162 e. The van der Waals surface area contributed by atoms with Crippen molar-refractivity contribution >= 4 is 5.78 Å². The molecule has 0 aliphatic heterocycles. The number of Topliss-reactive ketones (excluding diaryl/α,β-unsaturated/α-hetero) is 1. The fraction of sp³-hybridized carbons (Fsp3) is 0.588. The number of carbonyl (C=O) groups is 1. The largest absolute Gasteiger partial charge is 0.393 e. The van der Waals surface area contributed by atoms with Gasteiger partial charge in [-0.3, -0.25) is 4.79 Å². The zero-order chi connectivity index (χ0) is 13.9. The lowest BCUT2D eigenvalue weighted by Crippen LogP contribution is -1.99. The average Bonchev–Trinajstić information content (AvgIpc) is 2.42. The van der Waals surface area contributed by atoms with Crippen molar-refractivity contribution in [2.24, 2.45) is 0 Å². The Morgan fingerprint density at radius 3 is 2.21 bits per heavy atom. The number of aliphatic hydroxyl groups is 1. The van der Waals surface area contributed by atoms with E-state index in [1.54, 1.807) is 0 Å². The number of rotatable bonds is 10. The smallest absolute Gasteiger partial charge is 0.162 e. The summed E-state index contributed by atoms with van der Waals surface area (Å²) in [5.74, 6) is 0.259. The first-order valence-corrected chi connectivity index (χ1v) is 7.46. The second-order valence-corrected chi connectivity index (χ2v) is 5.30. The highest BCUT2D eigenvalue weighted by atomic mass is 16.3. The van der Waals surface area contributed by atoms with Gasteiger partial charge in [0.05, 0.1) is 6.10 Å². The second kappa shape index (κ2) is 9.74. The molecule has 0 aliphatic carbocycles. The Labute approximate surface area is 116 Å². The maximum absolute atomic E-state index is 11.8. The van der Waals surface area contributed by atoms with Gasteiger partial charge in [-0.1, -0.05) is 62.4 Å². The Morgan fingerprint density at radius 1 is 1.00 bits per heavy atom. The van der Waals surface area contributed by atoms with Crippen molar-refractivity contribution in [1.82, 2.24) is 0 Å². The third kappa shape index (κ3) is 7.78. The van der Waals surface area contributed by atoms with Crippen LogP contribution in [0.2, 0.25) is 0 Å². The molecule has 0 saturated heterocycles. The van der Waals surface area contributed by atoms with Gasteiger partial charge in [-0.05, 0) is 19.8 Å². The zero-order valence-electron chi connectivity index (χ0n) is 12.0. The number of ketones is 1. The molecule has 0 spiro atoms. The normalized spacial score (nSPS) is 12.3. The highest BCUT2D eigenvalue weighted by molar-refractivity contribution is 5.95. The van der Waals surface area contributed by atoms with Crippen LogP contribution in [0.4, 0.5) is 0 Å². The Kier molecular flexibility index (Phi) is 8.15. The van der Waals surface area contributed by atoms with Gasteiger partial charge in [-0.15, -0.1) is 0 Å². The molecule has 0 fully saturated rings. The first-order valence-electron chi connectivity index (χ1n) is 7.46. The third-order valence-corrected chi connectivity index (χ3v) is 3.37. The van der Waals surface area contributed by atoms with Crippen molar-refractivity contribution in [3.05, 3.63) is 35.9 Å². The van der Waals surface area contributed by atoms with Crippen LogP contribution < -0.4 is 0 Å². The molecule has 0 saturated carbocycles. The standard InChI is InChI=1S/C17H26O2/c1-15(18)11-7-4-2-3-5-10-14-17(19)16-12-8-6-9-13-16/h6,8-9,12-13,15,18H,2-5,7,10-11,14H2,1H3. The lowest BCUT2D eigenvalue weighted by molar-refractivity contribution is 0.0979. The van der Waals surface area contributed by atoms with E-state index in [-0.39, 0.29) is 11.9 Å². The van der Waals surface area contributed by atoms with E-state index in [1.165, 1.54) is 19.3 Å². The predicted molar refractivity (Wildman–Crippen MR) is 79.4 cm³/mol. The van der Waals surface area contributed by atoms with Crippen LogP contribution >= 0.6 is 0 Å². The Balaban J connectivity index is 1.98. The molecule has 19 heavy (non-hydrogen) atoms. The summed E-state index contributed by atoms with van der Waals surface area (Å²) in [6.45, 7) is 1.84. The Hall–Kier alpha value is -1.15. The first-order chi connectivity index (χ1) is 9.20. The van der Waals surface area contributed by atoms with E-state index in [4.69, 9.17) is 5.11 Å². The molecule has 0 amide bonds. The van der Waals surface area contributed by atoms with E-state index in [2.05, 4.69) is 0 Å². The molecular formula is C17H26O2. The van der Waals surface area contributed by atoms with Crippen LogP contribution in [0.3, 0.4) is 0 Å². The lowest BCUT2D eigenvalue weighted by Gasteiger charge is -2.04. The van der Waals surface area contributed by atoms with Gasteiger partial charge in [0, 0.05) is 12.0 Å². The van der Waals surface area contributed by atoms with Gasteiger partial charge in [0.2, 0.25) is 0 Å². The molecule has 0 heterocycles. The molecule has 1 aromatic rings. The quantitative estimate of drug-likeness (QED) is 0.502. The minimum Gasteiger partial charge on any atom is -0.393 e. The molecule has 2 nitrogen and oxygen atoms in total. The summed E-state index contributed by atoms with van der Waals surface area (Å²) < 4.78 is 0. The van der Waals surface area contributed by atoms with Gasteiger partial charge in [0.25, 0.3) is 0 Å². The molecule has 2 heteroatoms. The minimum atomic E-state index is -0.163. The van der Waals surface area contributed by atoms with Crippen LogP contribution in [0, 0.1) is 0 Å². The molecular weight excluding hydrogens is 236 g/mol. The van der Waals surface area contributed by atoms with Gasteiger partial charge in [-0.25, -0.2) is 0 Å². The average molecular weight is 262 g/mol. The summed E-state index contributed by atoms with van der Waals surface area (Å²) in [6.07, 6.45) is 8.25. The van der Waals surface area contributed by atoms with Gasteiger partial charge in [-0.2, -0.15) is 0 Å². The molecule has 106 valence electrons. The zero-order valence-corrected chi connectivity index (χ0v) is 12.0. The van der Waals surface area contributed by atoms with Gasteiger partial charge >= 0.3 is 0 Å². The molecule has 1 unspecified atom stereocenters. The fourth-order valence-electron chi connectivity index (χ4n) is 2.20. The number of hydrogen-bond donors (Lipinski definition) is 1. The van der Waals surface area contributed by atoms with Crippen molar-refractivity contribution in [3.63, 3.8) is 0 Å². The van der Waals surface area contributed by atoms with Gasteiger partial charge in [0.1, 0.15) is 0 Å². The maximum atomic E-state index is 11.8. The minimum absolute atomic E-state index is 0.163. The van der Waals surface area contributed by atoms with Crippen LogP contribution in [0.15, 0.2) is 30.3 Å². The third-order valence-electron chi connectivity index (χ3n) is 3.37. The number of benzene rings is 1. The van der Waals surface area contributed by atoms with E-state index >= 15 is 0 Å². The molecule has 1 atom stereocenters. The predicted octanol–water partition coefficient (Wildman–Crippen LogP) is 4.37. The number of hydrogen-bond acceptors (Lipinski definition) is 2. The van der Waals surface area contributed by atoms with Crippen molar-refractivity contribution in [3.8, 4) is 0 Å². The van der Waals surface area contributed by atoms with E-state index in [9.17, 15) is 4.79 Å². The molecule has 0 aromatic heterocycles. The summed E-state index contributed by atoms with van der Waals surface area (Å²) in [6, 6.07) is 9.53. The molecule has 1 aromatic carbocycles. The highest BCUT2D eigenvalue weighted by Crippen LogP contribution is 2.12. The number of carbonyl (C=O) groups excluding carboxylic acids is 1. The SMILES string of the molecule is CC(O)CCCCCCCCC(=O)c1ccccc1. The van der Waals surface area contributed by atoms with E-state index in [1.807, 2.05) is 37.3 Å². The van der Waals surface area contributed by atoms with E-state index in [0.29, 0.717) is 6.42 Å². The number of unbranched alkanes of at least 4 members (excludes halogenated alkanes) is 5. The van der Waals surface area contributed by atoms with Crippen molar-refractivity contribution in [2.75, 3.05) is 0 Å². The molecule has 0 bridgehead atoms. The molecule has 1 rings (SSSR count). The Bertz CT molecular complexity index is 344. The number of aliphatic hydroxyl groups excluding tert-OH is 1. The van der Waals surface area contributed by atoms with E-state index < -0.39 is 0 Å². The van der Waals surface area contributed by atoms with Crippen LogP contribution in [-0.4, -0.2) is 17.0 Å². The van der Waals surface area contributed by atoms with Gasteiger partial charge < -0.3 is 5.11 Å². The summed E-state index contributed by atoms with van der Waals surface area (Å²) >= 11 is 0. The summed E-state index contributed by atoms with van der Waals surface area (Å²) in [7, 11) is 0. The van der Waals surface area contributed by atoms with Crippen LogP contribution in [-0.2, 0) is 0 Å². The summed E-state index contributed by atoms with van der Waals surface area (Å²) in [5, 5.41) is 9.12. The Morgan fingerprint density at radius 2 is 1.58 bits per heavy atom. The second-order valence-electron chi connectivity index (χ2n) is 5.30. The fourth-order valence-corrected chi connectivity index (χ4v) is 2.20. The van der Waals surface area contributed by atoms with Crippen molar-refractivity contribution in [1.29, 1.82) is 0 Å². The van der Waals surface area contributed by atoms with Crippen LogP contribution in [0.5, 0.6) is 0 Å².